The largest absolute Gasteiger partial charge is 0.490 e. The van der Waals surface area contributed by atoms with Gasteiger partial charge in [-0.05, 0) is 0 Å². The van der Waals surface area contributed by atoms with Crippen molar-refractivity contribution < 1.29 is 27.5 Å². The van der Waals surface area contributed by atoms with Gasteiger partial charge in [-0.1, -0.05) is 0 Å². The van der Waals surface area contributed by atoms with E-state index in [1.54, 1.807) is 0 Å². The maximum Gasteiger partial charge on any atom is 0.490 e. The molecule has 3 N–H and O–H groups in total. The molecule has 24 heavy (non-hydrogen) atoms. The van der Waals surface area contributed by atoms with Crippen LogP contribution in [0.3, 0.4) is 0 Å². The van der Waals surface area contributed by atoms with Crippen molar-refractivity contribution in [3.8, 4) is 0 Å². The summed E-state index contributed by atoms with van der Waals surface area (Å²) in [6.07, 6.45) is -3.62. The van der Waals surface area contributed by atoms with Crippen LogP contribution >= 0.6 is 0 Å². The van der Waals surface area contributed by atoms with Gasteiger partial charge in [-0.15, -0.1) is 0 Å². The van der Waals surface area contributed by atoms with Crippen molar-refractivity contribution in [2.24, 2.45) is 0 Å². The van der Waals surface area contributed by atoms with E-state index >= 15 is 0 Å². The molecule has 0 aliphatic carbocycles. The standard InChI is InChI=1S/C13H12F3N5O3/c14-13(15,16)12(23)24-5-10(22)19-9-1-8-7(4-18-9)11(21-20-8)6-2-17-3-6/h1,4,6,17H,2-3,5H2,(H,20,21)(H,18,19,22). The minimum Gasteiger partial charge on any atom is -0.449 e. The number of fused-ring (bicyclic) bond motifs is 1. The van der Waals surface area contributed by atoms with Crippen LogP contribution in [-0.4, -0.2) is 52.9 Å². The van der Waals surface area contributed by atoms with E-state index in [4.69, 9.17) is 0 Å². The van der Waals surface area contributed by atoms with E-state index < -0.39 is 24.7 Å². The summed E-state index contributed by atoms with van der Waals surface area (Å²) in [6.45, 7) is 0.609. The second-order valence-corrected chi connectivity index (χ2v) is 5.20. The number of nitrogens with one attached hydrogen (secondary N) is 3. The quantitative estimate of drug-likeness (QED) is 0.705. The summed E-state index contributed by atoms with van der Waals surface area (Å²) in [5.41, 5.74) is 1.50. The van der Waals surface area contributed by atoms with Crippen molar-refractivity contribution in [2.45, 2.75) is 12.1 Å². The zero-order chi connectivity index (χ0) is 17.3. The Hall–Kier alpha value is -2.69. The smallest absolute Gasteiger partial charge is 0.449 e. The van der Waals surface area contributed by atoms with Crippen LogP contribution in [0, 0.1) is 0 Å². The summed E-state index contributed by atoms with van der Waals surface area (Å²) in [5.74, 6) is -2.94. The molecule has 3 heterocycles. The maximum absolute atomic E-state index is 12.0. The summed E-state index contributed by atoms with van der Waals surface area (Å²) >= 11 is 0. The number of carbonyl (C=O) groups is 2. The van der Waals surface area contributed by atoms with E-state index in [2.05, 4.69) is 30.6 Å². The lowest BCUT2D eigenvalue weighted by Crippen LogP contribution is -2.40. The fraction of sp³-hybridized carbons (Fsp3) is 0.385. The number of alkyl halides is 3. The van der Waals surface area contributed by atoms with Crippen LogP contribution in [0.2, 0.25) is 0 Å². The highest BCUT2D eigenvalue weighted by Crippen LogP contribution is 2.26. The van der Waals surface area contributed by atoms with Crippen LogP contribution in [-0.2, 0) is 14.3 Å². The molecule has 1 fully saturated rings. The molecule has 128 valence electrons. The Balaban J connectivity index is 1.63. The minimum absolute atomic E-state index is 0.0975. The number of H-pyrrole nitrogens is 1. The summed E-state index contributed by atoms with van der Waals surface area (Å²) in [7, 11) is 0. The number of ether oxygens (including phenoxy) is 1. The van der Waals surface area contributed by atoms with Crippen LogP contribution in [0.4, 0.5) is 19.0 Å². The molecule has 1 saturated heterocycles. The van der Waals surface area contributed by atoms with Gasteiger partial charge in [-0.25, -0.2) is 9.78 Å². The van der Waals surface area contributed by atoms with Gasteiger partial charge < -0.3 is 15.4 Å². The number of aromatic nitrogens is 3. The molecule has 1 aliphatic rings. The average molecular weight is 343 g/mol. The second kappa shape index (κ2) is 6.07. The third-order valence-electron chi connectivity index (χ3n) is 3.49. The number of rotatable bonds is 4. The Morgan fingerprint density at radius 3 is 2.75 bits per heavy atom. The summed E-state index contributed by atoms with van der Waals surface area (Å²) < 4.78 is 39.8. The van der Waals surface area contributed by atoms with Gasteiger partial charge in [-0.3, -0.25) is 9.89 Å². The van der Waals surface area contributed by atoms with Crippen molar-refractivity contribution in [3.63, 3.8) is 0 Å². The second-order valence-electron chi connectivity index (χ2n) is 5.20. The number of hydrogen-bond acceptors (Lipinski definition) is 6. The molecule has 8 nitrogen and oxygen atoms in total. The van der Waals surface area contributed by atoms with Crippen LogP contribution in [0.25, 0.3) is 10.9 Å². The minimum atomic E-state index is -5.14. The molecule has 0 unspecified atom stereocenters. The van der Waals surface area contributed by atoms with Crippen molar-refractivity contribution in [1.82, 2.24) is 20.5 Å². The van der Waals surface area contributed by atoms with Gasteiger partial charge in [0.05, 0.1) is 11.2 Å². The topological polar surface area (TPSA) is 109 Å². The number of esters is 1. The summed E-state index contributed by atoms with van der Waals surface area (Å²) in [4.78, 5) is 26.1. The summed E-state index contributed by atoms with van der Waals surface area (Å²) in [5, 5.41) is 13.2. The normalized spacial score (nSPS) is 15.1. The van der Waals surface area contributed by atoms with Gasteiger partial charge in [0.1, 0.15) is 5.82 Å². The highest BCUT2D eigenvalue weighted by atomic mass is 19.4. The number of pyridine rings is 1. The fourth-order valence-electron chi connectivity index (χ4n) is 2.19. The first-order valence-electron chi connectivity index (χ1n) is 6.93. The van der Waals surface area contributed by atoms with E-state index in [0.29, 0.717) is 11.4 Å². The molecule has 3 rings (SSSR count). The molecule has 0 saturated carbocycles. The van der Waals surface area contributed by atoms with Gasteiger partial charge in [-0.2, -0.15) is 18.3 Å². The SMILES string of the molecule is O=C(COC(=O)C(F)(F)F)Nc1cc2n[nH]c(C3CNC3)c2cn1. The first kappa shape index (κ1) is 16.2. The number of aromatic amines is 1. The highest BCUT2D eigenvalue weighted by Gasteiger charge is 2.41. The number of anilines is 1. The van der Waals surface area contributed by atoms with Crippen molar-refractivity contribution >= 4 is 28.6 Å². The van der Waals surface area contributed by atoms with Crippen LogP contribution in [0.1, 0.15) is 11.6 Å². The number of amides is 1. The molecule has 0 radical (unpaired) electrons. The van der Waals surface area contributed by atoms with Crippen molar-refractivity contribution in [2.75, 3.05) is 25.0 Å². The fourth-order valence-corrected chi connectivity index (χ4v) is 2.19. The monoisotopic (exact) mass is 343 g/mol. The van der Waals surface area contributed by atoms with Crippen LogP contribution in [0.15, 0.2) is 12.3 Å². The first-order chi connectivity index (χ1) is 11.3. The lowest BCUT2D eigenvalue weighted by Gasteiger charge is -2.25. The molecular formula is C13H12F3N5O3. The molecular weight excluding hydrogens is 331 g/mol. The Kier molecular flexibility index (Phi) is 4.09. The molecule has 0 spiro atoms. The van der Waals surface area contributed by atoms with E-state index in [1.807, 2.05) is 0 Å². The van der Waals surface area contributed by atoms with Crippen molar-refractivity contribution in [3.05, 3.63) is 18.0 Å². The predicted molar refractivity (Wildman–Crippen MR) is 75.1 cm³/mol. The third-order valence-corrected chi connectivity index (χ3v) is 3.49. The zero-order valence-electron chi connectivity index (χ0n) is 12.1. The number of hydrogen-bond donors (Lipinski definition) is 3. The van der Waals surface area contributed by atoms with E-state index in [1.165, 1.54) is 12.3 Å². The van der Waals surface area contributed by atoms with Gasteiger partial charge in [0.15, 0.2) is 6.61 Å². The Morgan fingerprint density at radius 2 is 2.12 bits per heavy atom. The Morgan fingerprint density at radius 1 is 1.38 bits per heavy atom. The van der Waals surface area contributed by atoms with Crippen LogP contribution < -0.4 is 10.6 Å². The lowest BCUT2D eigenvalue weighted by atomic mass is 9.97. The molecule has 1 amide bonds. The van der Waals surface area contributed by atoms with E-state index in [-0.39, 0.29) is 5.82 Å². The number of carbonyl (C=O) groups excluding carboxylic acids is 2. The molecule has 2 aromatic heterocycles. The zero-order valence-corrected chi connectivity index (χ0v) is 12.1. The Bertz CT molecular complexity index is 785. The molecule has 1 aliphatic heterocycles. The molecule has 2 aromatic rings. The number of nitrogens with zero attached hydrogens (tertiary/aromatic N) is 2. The summed E-state index contributed by atoms with van der Waals surface area (Å²) in [6, 6.07) is 1.48. The van der Waals surface area contributed by atoms with Gasteiger partial charge in [0.2, 0.25) is 0 Å². The van der Waals surface area contributed by atoms with Gasteiger partial charge in [0.25, 0.3) is 5.91 Å². The first-order valence-corrected chi connectivity index (χ1v) is 6.93. The van der Waals surface area contributed by atoms with E-state index in [9.17, 15) is 22.8 Å². The van der Waals surface area contributed by atoms with Crippen molar-refractivity contribution in [1.29, 1.82) is 0 Å². The van der Waals surface area contributed by atoms with Gasteiger partial charge >= 0.3 is 12.1 Å². The maximum atomic E-state index is 12.0. The average Bonchev–Trinajstić information content (AvgIpc) is 2.85. The molecule has 0 atom stereocenters. The highest BCUT2D eigenvalue weighted by molar-refractivity contribution is 5.94. The van der Waals surface area contributed by atoms with Crippen LogP contribution in [0.5, 0.6) is 0 Å². The van der Waals surface area contributed by atoms with E-state index in [0.717, 1.165) is 24.2 Å². The van der Waals surface area contributed by atoms with Gasteiger partial charge in [0, 0.05) is 36.7 Å². The molecule has 0 bridgehead atoms. The number of halogens is 3. The molecule has 11 heteroatoms. The molecule has 0 aromatic carbocycles. The lowest BCUT2D eigenvalue weighted by molar-refractivity contribution is -0.199. The Labute approximate surface area is 132 Å². The third kappa shape index (κ3) is 3.30. The predicted octanol–water partition coefficient (Wildman–Crippen LogP) is 0.689.